The topological polar surface area (TPSA) is 32.7 Å². The number of aliphatic hydroxyl groups excluding tert-OH is 1. The summed E-state index contributed by atoms with van der Waals surface area (Å²) in [6.45, 7) is 2.97. The van der Waals surface area contributed by atoms with E-state index in [4.69, 9.17) is 4.74 Å². The lowest BCUT2D eigenvalue weighted by Crippen LogP contribution is -2.46. The number of hydrogen-bond donors (Lipinski definition) is 1. The van der Waals surface area contributed by atoms with Crippen LogP contribution in [0.15, 0.2) is 121 Å². The van der Waals surface area contributed by atoms with Crippen LogP contribution in [-0.2, 0) is 16.9 Å². The molecule has 2 atom stereocenters. The molecule has 35 heavy (non-hydrogen) atoms. The predicted octanol–water partition coefficient (Wildman–Crippen LogP) is 5.88. The third kappa shape index (κ3) is 5.23. The molecule has 0 spiro atoms. The molecule has 0 aliphatic carbocycles. The van der Waals surface area contributed by atoms with Crippen LogP contribution in [0.1, 0.15) is 28.7 Å². The van der Waals surface area contributed by atoms with Crippen molar-refractivity contribution in [3.63, 3.8) is 0 Å². The molecule has 1 N–H and O–H groups in total. The van der Waals surface area contributed by atoms with Gasteiger partial charge in [0.25, 0.3) is 0 Å². The fraction of sp³-hybridized carbons (Fsp3) is 0.250. The van der Waals surface area contributed by atoms with Gasteiger partial charge in [0, 0.05) is 19.0 Å². The monoisotopic (exact) mass is 463 g/mol. The molecule has 0 unspecified atom stereocenters. The van der Waals surface area contributed by atoms with Gasteiger partial charge in [-0.15, -0.1) is 0 Å². The van der Waals surface area contributed by atoms with Crippen LogP contribution in [0, 0.1) is 5.92 Å². The van der Waals surface area contributed by atoms with E-state index >= 15 is 0 Å². The number of nitrogens with zero attached hydrogens (tertiary/aromatic N) is 1. The first-order valence-electron chi connectivity index (χ1n) is 12.5. The zero-order valence-corrected chi connectivity index (χ0v) is 20.0. The Kier molecular flexibility index (Phi) is 7.39. The van der Waals surface area contributed by atoms with Crippen LogP contribution >= 0.6 is 0 Å². The molecular weight excluding hydrogens is 430 g/mol. The van der Waals surface area contributed by atoms with E-state index in [0.29, 0.717) is 13.2 Å². The second-order valence-corrected chi connectivity index (χ2v) is 9.43. The summed E-state index contributed by atoms with van der Waals surface area (Å²) in [6, 6.07) is 41.8. The van der Waals surface area contributed by atoms with Crippen molar-refractivity contribution in [2.24, 2.45) is 5.92 Å². The largest absolute Gasteiger partial charge is 0.391 e. The molecule has 0 aromatic heterocycles. The van der Waals surface area contributed by atoms with Crippen molar-refractivity contribution < 1.29 is 9.84 Å². The molecule has 1 aliphatic heterocycles. The van der Waals surface area contributed by atoms with E-state index in [-0.39, 0.29) is 5.92 Å². The molecule has 0 bridgehead atoms. The van der Waals surface area contributed by atoms with E-state index in [2.05, 4.69) is 102 Å². The third-order valence-corrected chi connectivity index (χ3v) is 7.11. The number of aliphatic hydroxyl groups is 1. The lowest BCUT2D eigenvalue weighted by Gasteiger charge is -2.40. The first kappa shape index (κ1) is 23.5. The Morgan fingerprint density at radius 2 is 1.14 bits per heavy atom. The van der Waals surface area contributed by atoms with E-state index in [1.165, 1.54) is 5.56 Å². The van der Waals surface area contributed by atoms with Crippen molar-refractivity contribution in [1.29, 1.82) is 0 Å². The highest BCUT2D eigenvalue weighted by molar-refractivity contribution is 5.47. The Hall–Kier alpha value is -3.24. The minimum absolute atomic E-state index is 0.0811. The normalized spacial score (nSPS) is 18.9. The SMILES string of the molecule is O[C@@H]1CN(Cc2ccccc2)CC[C@@H]1COC(c1ccccc1)(c1ccccc1)c1ccccc1. The molecule has 1 heterocycles. The quantitative estimate of drug-likeness (QED) is 0.331. The smallest absolute Gasteiger partial charge is 0.143 e. The molecule has 0 amide bonds. The summed E-state index contributed by atoms with van der Waals surface area (Å²) >= 11 is 0. The van der Waals surface area contributed by atoms with Gasteiger partial charge in [0.2, 0.25) is 0 Å². The number of likely N-dealkylation sites (tertiary alicyclic amines) is 1. The molecule has 1 saturated heterocycles. The summed E-state index contributed by atoms with van der Waals surface area (Å²) in [5, 5.41) is 11.1. The van der Waals surface area contributed by atoms with Crippen LogP contribution in [-0.4, -0.2) is 35.8 Å². The maximum atomic E-state index is 11.1. The second-order valence-electron chi connectivity index (χ2n) is 9.43. The highest BCUT2D eigenvalue weighted by Crippen LogP contribution is 2.41. The minimum atomic E-state index is -0.745. The van der Waals surface area contributed by atoms with E-state index in [9.17, 15) is 5.11 Å². The fourth-order valence-corrected chi connectivity index (χ4v) is 5.23. The van der Waals surface area contributed by atoms with Crippen LogP contribution in [0.3, 0.4) is 0 Å². The molecule has 1 aliphatic rings. The molecule has 178 valence electrons. The van der Waals surface area contributed by atoms with Crippen LogP contribution < -0.4 is 0 Å². The van der Waals surface area contributed by atoms with E-state index in [0.717, 1.165) is 36.2 Å². The van der Waals surface area contributed by atoms with Crippen LogP contribution in [0.5, 0.6) is 0 Å². The van der Waals surface area contributed by atoms with Crippen LogP contribution in [0.4, 0.5) is 0 Å². The van der Waals surface area contributed by atoms with Gasteiger partial charge in [0.15, 0.2) is 0 Å². The summed E-state index contributed by atoms with van der Waals surface area (Å²) in [5.41, 5.74) is 3.81. The number of ether oxygens (including phenoxy) is 1. The second kappa shape index (κ2) is 11.0. The summed E-state index contributed by atoms with van der Waals surface area (Å²) in [4.78, 5) is 2.34. The van der Waals surface area contributed by atoms with E-state index in [1.807, 2.05) is 24.3 Å². The van der Waals surface area contributed by atoms with Gasteiger partial charge in [-0.1, -0.05) is 121 Å². The van der Waals surface area contributed by atoms with Crippen LogP contribution in [0.2, 0.25) is 0 Å². The molecule has 1 fully saturated rings. The lowest BCUT2D eigenvalue weighted by molar-refractivity contribution is -0.0636. The van der Waals surface area contributed by atoms with Crippen molar-refractivity contribution >= 4 is 0 Å². The Balaban J connectivity index is 1.40. The lowest BCUT2D eigenvalue weighted by atomic mass is 9.80. The molecular formula is C32H33NO2. The Morgan fingerprint density at radius 3 is 1.60 bits per heavy atom. The zero-order chi connectivity index (χ0) is 23.9. The number of β-amino-alcohol motifs (C(OH)–C–C–N with tert-alkyl or cyclic N) is 1. The summed E-state index contributed by atoms with van der Waals surface area (Å²) < 4.78 is 6.97. The average molecular weight is 464 g/mol. The number of rotatable bonds is 8. The van der Waals surface area contributed by atoms with E-state index < -0.39 is 11.7 Å². The highest BCUT2D eigenvalue weighted by Gasteiger charge is 2.39. The van der Waals surface area contributed by atoms with Gasteiger partial charge in [-0.25, -0.2) is 0 Å². The first-order chi connectivity index (χ1) is 17.3. The maximum Gasteiger partial charge on any atom is 0.143 e. The van der Waals surface area contributed by atoms with E-state index in [1.54, 1.807) is 0 Å². The Labute approximate surface area is 208 Å². The van der Waals surface area contributed by atoms with Gasteiger partial charge < -0.3 is 9.84 Å². The van der Waals surface area contributed by atoms with Crippen molar-refractivity contribution in [3.8, 4) is 0 Å². The van der Waals surface area contributed by atoms with Gasteiger partial charge in [0.05, 0.1) is 12.7 Å². The summed E-state index contributed by atoms with van der Waals surface area (Å²) in [6.07, 6.45) is 0.482. The molecule has 4 aromatic rings. The molecule has 3 heteroatoms. The average Bonchev–Trinajstić information content (AvgIpc) is 2.92. The van der Waals surface area contributed by atoms with Crippen molar-refractivity contribution in [1.82, 2.24) is 4.90 Å². The fourth-order valence-electron chi connectivity index (χ4n) is 5.23. The number of hydrogen-bond acceptors (Lipinski definition) is 3. The van der Waals surface area contributed by atoms with Gasteiger partial charge in [-0.3, -0.25) is 4.90 Å². The third-order valence-electron chi connectivity index (χ3n) is 7.11. The molecule has 3 nitrogen and oxygen atoms in total. The molecule has 0 saturated carbocycles. The van der Waals surface area contributed by atoms with Gasteiger partial charge in [-0.2, -0.15) is 0 Å². The Bertz CT molecular complexity index is 1070. The molecule has 5 rings (SSSR count). The number of benzene rings is 4. The van der Waals surface area contributed by atoms with Gasteiger partial charge >= 0.3 is 0 Å². The summed E-state index contributed by atoms with van der Waals surface area (Å²) in [5.74, 6) is 0.0811. The molecule has 0 radical (unpaired) electrons. The first-order valence-corrected chi connectivity index (χ1v) is 12.5. The maximum absolute atomic E-state index is 11.1. The minimum Gasteiger partial charge on any atom is -0.391 e. The van der Waals surface area contributed by atoms with Gasteiger partial charge in [-0.05, 0) is 35.2 Å². The highest BCUT2D eigenvalue weighted by atomic mass is 16.5. The van der Waals surface area contributed by atoms with Gasteiger partial charge in [0.1, 0.15) is 5.60 Å². The zero-order valence-electron chi connectivity index (χ0n) is 20.0. The van der Waals surface area contributed by atoms with Crippen molar-refractivity contribution in [3.05, 3.63) is 144 Å². The standard InChI is InChI=1S/C32H33NO2/c34-31-24-33(23-26-13-5-1-6-14-26)22-21-27(31)25-35-32(28-15-7-2-8-16-28,29-17-9-3-10-18-29)30-19-11-4-12-20-30/h1-20,27,31,34H,21-25H2/t27-,31-/m1/s1. The van der Waals surface area contributed by atoms with Crippen molar-refractivity contribution in [2.75, 3.05) is 19.7 Å². The Morgan fingerprint density at radius 1 is 0.686 bits per heavy atom. The molecule has 4 aromatic carbocycles. The predicted molar refractivity (Wildman–Crippen MR) is 141 cm³/mol. The summed E-state index contributed by atoms with van der Waals surface area (Å²) in [7, 11) is 0. The van der Waals surface area contributed by atoms with Crippen molar-refractivity contribution in [2.45, 2.75) is 24.7 Å². The van der Waals surface area contributed by atoms with Crippen LogP contribution in [0.25, 0.3) is 0 Å². The number of piperidine rings is 1.